The zero-order valence-electron chi connectivity index (χ0n) is 6.82. The maximum absolute atomic E-state index is 10.3. The van der Waals surface area contributed by atoms with Gasteiger partial charge in [0.15, 0.2) is 0 Å². The number of carboxylic acid groups (broad SMARTS) is 1. The quantitative estimate of drug-likeness (QED) is 0.555. The lowest BCUT2D eigenvalue weighted by molar-refractivity contribution is -0.138. The van der Waals surface area contributed by atoms with E-state index in [4.69, 9.17) is 10.8 Å². The first-order chi connectivity index (χ1) is 4.95. The van der Waals surface area contributed by atoms with E-state index in [-0.39, 0.29) is 5.25 Å². The summed E-state index contributed by atoms with van der Waals surface area (Å²) < 4.78 is 0. The molecule has 0 aromatic rings. The molecular weight excluding hydrogens is 162 g/mol. The lowest BCUT2D eigenvalue weighted by Gasteiger charge is -2.16. The van der Waals surface area contributed by atoms with Crippen molar-refractivity contribution in [3.8, 4) is 0 Å². The van der Waals surface area contributed by atoms with Crippen LogP contribution >= 0.6 is 12.6 Å². The van der Waals surface area contributed by atoms with Crippen LogP contribution in [0, 0.1) is 5.92 Å². The Bertz CT molecular complexity index is 138. The van der Waals surface area contributed by atoms with Gasteiger partial charge in [-0.1, -0.05) is 13.8 Å². The molecule has 0 bridgehead atoms. The maximum Gasteiger partial charge on any atom is 0.321 e. The molecule has 0 fully saturated rings. The molecule has 0 amide bonds. The minimum Gasteiger partial charge on any atom is -0.480 e. The molecule has 3 nitrogen and oxygen atoms in total. The normalized spacial score (nSPS) is 16.5. The van der Waals surface area contributed by atoms with E-state index in [0.717, 1.165) is 6.42 Å². The van der Waals surface area contributed by atoms with Gasteiger partial charge in [0.25, 0.3) is 0 Å². The second-order valence-corrected chi connectivity index (χ2v) is 3.72. The Morgan fingerprint density at radius 3 is 2.36 bits per heavy atom. The number of rotatable bonds is 4. The first-order valence-corrected chi connectivity index (χ1v) is 4.13. The highest BCUT2D eigenvalue weighted by Crippen LogP contribution is 2.12. The number of aliphatic carboxylic acids is 1. The van der Waals surface area contributed by atoms with Gasteiger partial charge in [0, 0.05) is 5.25 Å². The van der Waals surface area contributed by atoms with E-state index in [1.54, 1.807) is 0 Å². The molecule has 0 aliphatic rings. The highest BCUT2D eigenvalue weighted by molar-refractivity contribution is 7.81. The number of nitrogens with two attached hydrogens (primary N) is 1. The van der Waals surface area contributed by atoms with Crippen molar-refractivity contribution in [2.24, 2.45) is 11.7 Å². The van der Waals surface area contributed by atoms with Crippen molar-refractivity contribution in [1.29, 1.82) is 0 Å². The van der Waals surface area contributed by atoms with E-state index in [1.807, 2.05) is 13.8 Å². The third-order valence-electron chi connectivity index (χ3n) is 1.41. The zero-order valence-corrected chi connectivity index (χ0v) is 7.71. The SMILES string of the molecule is CC(C)CC(S)C(N)C(=O)O. The van der Waals surface area contributed by atoms with E-state index in [9.17, 15) is 4.79 Å². The predicted octanol–water partition coefficient (Wildman–Crippen LogP) is 0.743. The molecular formula is C7H15NO2S. The molecule has 0 radical (unpaired) electrons. The molecule has 0 saturated carbocycles. The summed E-state index contributed by atoms with van der Waals surface area (Å²) in [6, 6.07) is -0.847. The Hall–Kier alpha value is -0.220. The van der Waals surface area contributed by atoms with E-state index < -0.39 is 12.0 Å². The van der Waals surface area contributed by atoms with E-state index >= 15 is 0 Å². The van der Waals surface area contributed by atoms with Crippen LogP contribution < -0.4 is 5.73 Å². The molecule has 2 atom stereocenters. The molecule has 0 heterocycles. The molecule has 0 aliphatic carbocycles. The fourth-order valence-corrected chi connectivity index (χ4v) is 1.34. The van der Waals surface area contributed by atoms with E-state index in [1.165, 1.54) is 0 Å². The average molecular weight is 177 g/mol. The highest BCUT2D eigenvalue weighted by atomic mass is 32.1. The molecule has 0 aromatic heterocycles. The Morgan fingerprint density at radius 1 is 1.64 bits per heavy atom. The van der Waals surface area contributed by atoms with Gasteiger partial charge in [-0.15, -0.1) is 0 Å². The topological polar surface area (TPSA) is 63.3 Å². The monoisotopic (exact) mass is 177 g/mol. The van der Waals surface area contributed by atoms with Crippen LogP contribution in [0.25, 0.3) is 0 Å². The van der Waals surface area contributed by atoms with Crippen molar-refractivity contribution < 1.29 is 9.90 Å². The average Bonchev–Trinajstić information content (AvgIpc) is 1.84. The van der Waals surface area contributed by atoms with Gasteiger partial charge in [0.1, 0.15) is 6.04 Å². The zero-order chi connectivity index (χ0) is 9.02. The second kappa shape index (κ2) is 4.62. The molecule has 2 unspecified atom stereocenters. The molecule has 4 heteroatoms. The Morgan fingerprint density at radius 2 is 2.09 bits per heavy atom. The molecule has 3 N–H and O–H groups in total. The Balaban J connectivity index is 3.82. The van der Waals surface area contributed by atoms with Crippen LogP contribution in [0.1, 0.15) is 20.3 Å². The lowest BCUT2D eigenvalue weighted by atomic mass is 10.0. The van der Waals surface area contributed by atoms with Crippen LogP contribution in [0.4, 0.5) is 0 Å². The van der Waals surface area contributed by atoms with Crippen LogP contribution in [-0.4, -0.2) is 22.4 Å². The summed E-state index contributed by atoms with van der Waals surface area (Å²) in [6.07, 6.45) is 0.733. The van der Waals surface area contributed by atoms with Gasteiger partial charge in [-0.25, -0.2) is 0 Å². The van der Waals surface area contributed by atoms with Crippen LogP contribution in [-0.2, 0) is 4.79 Å². The molecule has 0 rings (SSSR count). The number of hydrogen-bond acceptors (Lipinski definition) is 3. The number of hydrogen-bond donors (Lipinski definition) is 3. The standard InChI is InChI=1S/C7H15NO2S/c1-4(2)3-5(11)6(8)7(9)10/h4-6,11H,3,8H2,1-2H3,(H,9,10). The minimum atomic E-state index is -0.981. The van der Waals surface area contributed by atoms with Gasteiger partial charge >= 0.3 is 5.97 Å². The summed E-state index contributed by atoms with van der Waals surface area (Å²) in [5, 5.41) is 8.25. The van der Waals surface area contributed by atoms with E-state index in [0.29, 0.717) is 5.92 Å². The number of carboxylic acids is 1. The van der Waals surface area contributed by atoms with Crippen LogP contribution in [0.5, 0.6) is 0 Å². The maximum atomic E-state index is 10.3. The largest absolute Gasteiger partial charge is 0.480 e. The molecule has 0 aromatic carbocycles. The van der Waals surface area contributed by atoms with Crippen LogP contribution in [0.15, 0.2) is 0 Å². The van der Waals surface area contributed by atoms with Crippen molar-refractivity contribution in [2.45, 2.75) is 31.6 Å². The van der Waals surface area contributed by atoms with E-state index in [2.05, 4.69) is 12.6 Å². The molecule has 0 saturated heterocycles. The van der Waals surface area contributed by atoms with Crippen molar-refractivity contribution in [1.82, 2.24) is 0 Å². The summed E-state index contributed by atoms with van der Waals surface area (Å²) in [6.45, 7) is 4.02. The van der Waals surface area contributed by atoms with Crippen molar-refractivity contribution in [2.75, 3.05) is 0 Å². The first kappa shape index (κ1) is 10.8. The highest BCUT2D eigenvalue weighted by Gasteiger charge is 2.21. The third-order valence-corrected chi connectivity index (χ3v) is 1.94. The summed E-state index contributed by atoms with van der Waals surface area (Å²) in [5.74, 6) is -0.548. The van der Waals surface area contributed by atoms with Gasteiger partial charge in [0.2, 0.25) is 0 Å². The number of thiol groups is 1. The van der Waals surface area contributed by atoms with Gasteiger partial charge in [-0.2, -0.15) is 12.6 Å². The smallest absolute Gasteiger partial charge is 0.321 e. The minimum absolute atomic E-state index is 0.243. The van der Waals surface area contributed by atoms with Gasteiger partial charge < -0.3 is 10.8 Å². The van der Waals surface area contributed by atoms with Crippen molar-refractivity contribution in [3.63, 3.8) is 0 Å². The predicted molar refractivity (Wildman–Crippen MR) is 47.8 cm³/mol. The van der Waals surface area contributed by atoms with Gasteiger partial charge in [-0.05, 0) is 12.3 Å². The third kappa shape index (κ3) is 4.27. The molecule has 0 spiro atoms. The summed E-state index contributed by atoms with van der Waals surface area (Å²) in [5.41, 5.74) is 5.33. The molecule has 0 aliphatic heterocycles. The summed E-state index contributed by atoms with van der Waals surface area (Å²) >= 11 is 4.10. The summed E-state index contributed by atoms with van der Waals surface area (Å²) in [4.78, 5) is 10.3. The fraction of sp³-hybridized carbons (Fsp3) is 0.857. The number of carbonyl (C=O) groups is 1. The van der Waals surface area contributed by atoms with Crippen molar-refractivity contribution >= 4 is 18.6 Å². The summed E-state index contributed by atoms with van der Waals surface area (Å²) in [7, 11) is 0. The first-order valence-electron chi connectivity index (χ1n) is 3.61. The van der Waals surface area contributed by atoms with Crippen molar-refractivity contribution in [3.05, 3.63) is 0 Å². The molecule has 66 valence electrons. The second-order valence-electron chi connectivity index (χ2n) is 3.06. The van der Waals surface area contributed by atoms with Gasteiger partial charge in [-0.3, -0.25) is 4.79 Å². The lowest BCUT2D eigenvalue weighted by Crippen LogP contribution is -2.39. The Labute approximate surface area is 72.4 Å². The fourth-order valence-electron chi connectivity index (χ4n) is 0.794. The molecule has 11 heavy (non-hydrogen) atoms. The Kier molecular flexibility index (Phi) is 4.52. The van der Waals surface area contributed by atoms with Crippen LogP contribution in [0.3, 0.4) is 0 Å². The van der Waals surface area contributed by atoms with Gasteiger partial charge in [0.05, 0.1) is 0 Å². The van der Waals surface area contributed by atoms with Crippen LogP contribution in [0.2, 0.25) is 0 Å².